The van der Waals surface area contributed by atoms with Gasteiger partial charge in [0.15, 0.2) is 6.10 Å². The predicted octanol–water partition coefficient (Wildman–Crippen LogP) is 1.69. The average molecular weight is 346 g/mol. The molecule has 2 amide bonds. The number of carbonyl (C=O) groups excluding carboxylic acids is 2. The molecule has 1 aliphatic rings. The van der Waals surface area contributed by atoms with Crippen LogP contribution in [-0.4, -0.2) is 46.7 Å². The Morgan fingerprint density at radius 3 is 2.62 bits per heavy atom. The lowest BCUT2D eigenvalue weighted by atomic mass is 9.97. The van der Waals surface area contributed by atoms with Gasteiger partial charge in [0.2, 0.25) is 11.0 Å². The zero-order chi connectivity index (χ0) is 17.3. The van der Waals surface area contributed by atoms with E-state index in [2.05, 4.69) is 15.5 Å². The molecule has 2 heterocycles. The lowest BCUT2D eigenvalue weighted by Crippen LogP contribution is -2.51. The highest BCUT2D eigenvalue weighted by atomic mass is 32.1. The fraction of sp³-hybridized carbons (Fsp3) is 0.375. The molecule has 8 heteroatoms. The van der Waals surface area contributed by atoms with E-state index in [4.69, 9.17) is 4.74 Å². The third-order valence-corrected chi connectivity index (χ3v) is 4.67. The fourth-order valence-electron chi connectivity index (χ4n) is 2.62. The first-order valence-electron chi connectivity index (χ1n) is 7.50. The summed E-state index contributed by atoms with van der Waals surface area (Å²) in [5.74, 6) is -0.493. The Balaban J connectivity index is 1.86. The van der Waals surface area contributed by atoms with Gasteiger partial charge in [0.05, 0.1) is 6.04 Å². The van der Waals surface area contributed by atoms with Crippen molar-refractivity contribution in [2.24, 2.45) is 0 Å². The van der Waals surface area contributed by atoms with Crippen molar-refractivity contribution in [2.45, 2.75) is 26.0 Å². The van der Waals surface area contributed by atoms with Gasteiger partial charge in [-0.25, -0.2) is 0 Å². The van der Waals surface area contributed by atoms with Crippen molar-refractivity contribution in [2.75, 3.05) is 19.0 Å². The van der Waals surface area contributed by atoms with Crippen molar-refractivity contribution in [1.82, 2.24) is 15.1 Å². The molecule has 1 N–H and O–H groups in total. The molecule has 7 nitrogen and oxygen atoms in total. The van der Waals surface area contributed by atoms with Crippen LogP contribution in [0.3, 0.4) is 0 Å². The van der Waals surface area contributed by atoms with Crippen LogP contribution in [0.2, 0.25) is 0 Å². The molecule has 2 aromatic rings. The summed E-state index contributed by atoms with van der Waals surface area (Å²) in [5, 5.41) is 11.7. The van der Waals surface area contributed by atoms with Crippen molar-refractivity contribution in [3.63, 3.8) is 0 Å². The largest absolute Gasteiger partial charge is 0.356 e. The molecule has 1 saturated heterocycles. The van der Waals surface area contributed by atoms with Crippen molar-refractivity contribution < 1.29 is 14.3 Å². The van der Waals surface area contributed by atoms with E-state index < -0.39 is 12.1 Å². The normalized spacial score (nSPS) is 21.0. The summed E-state index contributed by atoms with van der Waals surface area (Å²) >= 11 is 1.29. The second-order valence-electron chi connectivity index (χ2n) is 5.71. The fourth-order valence-corrected chi connectivity index (χ4v) is 3.21. The summed E-state index contributed by atoms with van der Waals surface area (Å²) in [7, 11) is 1.69. The van der Waals surface area contributed by atoms with Gasteiger partial charge >= 0.3 is 0 Å². The van der Waals surface area contributed by atoms with Gasteiger partial charge < -0.3 is 9.64 Å². The minimum Gasteiger partial charge on any atom is -0.356 e. The number of hydrogen-bond acceptors (Lipinski definition) is 6. The maximum Gasteiger partial charge on any atom is 0.257 e. The molecule has 0 radical (unpaired) electrons. The van der Waals surface area contributed by atoms with E-state index in [1.54, 1.807) is 11.9 Å². The van der Waals surface area contributed by atoms with Crippen LogP contribution in [0.4, 0.5) is 5.13 Å². The standard InChI is InChI=1S/C16H18N4O3S/c1-9-4-6-11(7-5-9)13-14(23-8-12(21)20(13)3)15(22)17-16-19-18-10(2)24-16/h4-7,13-14H,8H2,1-3H3,(H,17,19,22)/t13-,14-/m0/s1. The molecule has 1 aromatic heterocycles. The van der Waals surface area contributed by atoms with Crippen LogP contribution in [0, 0.1) is 13.8 Å². The molecule has 0 aliphatic carbocycles. The summed E-state index contributed by atoms with van der Waals surface area (Å²) in [5.41, 5.74) is 1.96. The second-order valence-corrected chi connectivity index (χ2v) is 6.89. The number of nitrogens with zero attached hydrogens (tertiary/aromatic N) is 3. The maximum absolute atomic E-state index is 12.6. The lowest BCUT2D eigenvalue weighted by Gasteiger charge is -2.38. The van der Waals surface area contributed by atoms with Crippen LogP contribution >= 0.6 is 11.3 Å². The molecule has 1 aromatic carbocycles. The molecule has 24 heavy (non-hydrogen) atoms. The molecule has 126 valence electrons. The number of aryl methyl sites for hydroxylation is 2. The summed E-state index contributed by atoms with van der Waals surface area (Å²) in [6.45, 7) is 3.68. The van der Waals surface area contributed by atoms with E-state index >= 15 is 0 Å². The number of amides is 2. The third kappa shape index (κ3) is 3.29. The maximum atomic E-state index is 12.6. The highest BCUT2D eigenvalue weighted by Crippen LogP contribution is 2.30. The number of aromatic nitrogens is 2. The number of morpholine rings is 1. The Labute approximate surface area is 143 Å². The third-order valence-electron chi connectivity index (χ3n) is 3.92. The Kier molecular flexibility index (Phi) is 4.59. The van der Waals surface area contributed by atoms with Gasteiger partial charge in [-0.05, 0) is 19.4 Å². The van der Waals surface area contributed by atoms with Crippen LogP contribution in [0.1, 0.15) is 22.2 Å². The minimum absolute atomic E-state index is 0.119. The zero-order valence-corrected chi connectivity index (χ0v) is 14.5. The molecular formula is C16H18N4O3S. The highest BCUT2D eigenvalue weighted by molar-refractivity contribution is 7.15. The smallest absolute Gasteiger partial charge is 0.257 e. The van der Waals surface area contributed by atoms with Gasteiger partial charge in [-0.1, -0.05) is 41.2 Å². The molecule has 0 bridgehead atoms. The minimum atomic E-state index is -0.806. The molecular weight excluding hydrogens is 328 g/mol. The van der Waals surface area contributed by atoms with Crippen molar-refractivity contribution in [3.05, 3.63) is 40.4 Å². The summed E-state index contributed by atoms with van der Waals surface area (Å²) in [4.78, 5) is 26.2. The Morgan fingerprint density at radius 1 is 1.29 bits per heavy atom. The van der Waals surface area contributed by atoms with Gasteiger partial charge in [0, 0.05) is 7.05 Å². The first kappa shape index (κ1) is 16.5. The molecule has 1 fully saturated rings. The second kappa shape index (κ2) is 6.66. The van der Waals surface area contributed by atoms with E-state index in [1.807, 2.05) is 38.1 Å². The first-order chi connectivity index (χ1) is 11.5. The summed E-state index contributed by atoms with van der Waals surface area (Å²) in [6.07, 6.45) is -0.806. The number of ether oxygens (including phenoxy) is 1. The zero-order valence-electron chi connectivity index (χ0n) is 13.6. The first-order valence-corrected chi connectivity index (χ1v) is 8.32. The van der Waals surface area contributed by atoms with Gasteiger partial charge in [0.1, 0.15) is 11.6 Å². The van der Waals surface area contributed by atoms with Crippen molar-refractivity contribution in [1.29, 1.82) is 0 Å². The van der Waals surface area contributed by atoms with Gasteiger partial charge in [-0.3, -0.25) is 14.9 Å². The van der Waals surface area contributed by atoms with Crippen molar-refractivity contribution in [3.8, 4) is 0 Å². The number of rotatable bonds is 3. The highest BCUT2D eigenvalue weighted by Gasteiger charge is 2.40. The summed E-state index contributed by atoms with van der Waals surface area (Å²) < 4.78 is 5.55. The number of carbonyl (C=O) groups is 2. The average Bonchev–Trinajstić information content (AvgIpc) is 2.96. The molecule has 0 spiro atoms. The van der Waals surface area contributed by atoms with E-state index in [0.717, 1.165) is 16.1 Å². The van der Waals surface area contributed by atoms with E-state index in [9.17, 15) is 9.59 Å². The summed E-state index contributed by atoms with van der Waals surface area (Å²) in [6, 6.07) is 7.24. The van der Waals surface area contributed by atoms with Crippen LogP contribution in [0.25, 0.3) is 0 Å². The van der Waals surface area contributed by atoms with Gasteiger partial charge in [-0.2, -0.15) is 0 Å². The monoisotopic (exact) mass is 346 g/mol. The van der Waals surface area contributed by atoms with Crippen LogP contribution < -0.4 is 5.32 Å². The molecule has 0 unspecified atom stereocenters. The molecule has 0 saturated carbocycles. The van der Waals surface area contributed by atoms with Crippen molar-refractivity contribution >= 4 is 28.3 Å². The number of anilines is 1. The molecule has 3 rings (SSSR count). The van der Waals surface area contributed by atoms with Crippen LogP contribution in [0.5, 0.6) is 0 Å². The van der Waals surface area contributed by atoms with E-state index in [1.165, 1.54) is 11.3 Å². The van der Waals surface area contributed by atoms with E-state index in [0.29, 0.717) is 5.13 Å². The van der Waals surface area contributed by atoms with Crippen LogP contribution in [-0.2, 0) is 14.3 Å². The number of hydrogen-bond donors (Lipinski definition) is 1. The quantitative estimate of drug-likeness (QED) is 0.914. The topological polar surface area (TPSA) is 84.4 Å². The predicted molar refractivity (Wildman–Crippen MR) is 89.7 cm³/mol. The Bertz CT molecular complexity index is 759. The van der Waals surface area contributed by atoms with Gasteiger partial charge in [0.25, 0.3) is 5.91 Å². The van der Waals surface area contributed by atoms with E-state index in [-0.39, 0.29) is 18.4 Å². The SMILES string of the molecule is Cc1ccc([C@H]2[C@@H](C(=O)Nc3nnc(C)s3)OCC(=O)N2C)cc1. The number of nitrogens with one attached hydrogen (secondary N) is 1. The lowest BCUT2D eigenvalue weighted by molar-refractivity contribution is -0.160. The van der Waals surface area contributed by atoms with Crippen LogP contribution in [0.15, 0.2) is 24.3 Å². The van der Waals surface area contributed by atoms with Gasteiger partial charge in [-0.15, -0.1) is 10.2 Å². The molecule has 2 atom stereocenters. The molecule has 1 aliphatic heterocycles. The Morgan fingerprint density at radius 2 is 2.00 bits per heavy atom. The number of benzene rings is 1. The Hall–Kier alpha value is -2.32. The number of likely N-dealkylation sites (N-methyl/N-ethyl adjacent to an activating group) is 1.